The lowest BCUT2D eigenvalue weighted by atomic mass is 10.3. The number of anilines is 1. The summed E-state index contributed by atoms with van der Waals surface area (Å²) < 4.78 is 15.4. The lowest BCUT2D eigenvalue weighted by molar-refractivity contribution is -0.138. The van der Waals surface area contributed by atoms with Crippen LogP contribution in [0.15, 0.2) is 48.5 Å². The molecule has 0 bridgehead atoms. The second-order valence-corrected chi connectivity index (χ2v) is 4.24. The van der Waals surface area contributed by atoms with Gasteiger partial charge in [-0.25, -0.2) is 0 Å². The van der Waals surface area contributed by atoms with Gasteiger partial charge in [0.25, 0.3) is 0 Å². The average molecular weight is 287 g/mol. The van der Waals surface area contributed by atoms with Crippen molar-refractivity contribution in [1.29, 1.82) is 0 Å². The summed E-state index contributed by atoms with van der Waals surface area (Å²) >= 11 is 0. The number of carbonyl (C=O) groups is 1. The lowest BCUT2D eigenvalue weighted by Gasteiger charge is -2.09. The number of hydrogen-bond donors (Lipinski definition) is 1. The Hall–Kier alpha value is -2.69. The molecule has 0 unspecified atom stereocenters. The zero-order valence-corrected chi connectivity index (χ0v) is 12.0. The van der Waals surface area contributed by atoms with Crippen LogP contribution in [0.1, 0.15) is 0 Å². The molecule has 110 valence electrons. The second-order valence-electron chi connectivity index (χ2n) is 4.24. The average Bonchev–Trinajstić information content (AvgIpc) is 2.53. The fraction of sp³-hybridized carbons (Fsp3) is 0.188. The highest BCUT2D eigenvalue weighted by atomic mass is 16.5. The molecule has 1 N–H and O–H groups in total. The van der Waals surface area contributed by atoms with E-state index in [4.69, 9.17) is 9.47 Å². The maximum atomic E-state index is 11.1. The smallest absolute Gasteiger partial charge is 0.325 e. The van der Waals surface area contributed by atoms with Crippen molar-refractivity contribution in [1.82, 2.24) is 0 Å². The molecule has 5 heteroatoms. The van der Waals surface area contributed by atoms with E-state index in [1.54, 1.807) is 7.11 Å². The first-order chi connectivity index (χ1) is 10.2. The topological polar surface area (TPSA) is 56.8 Å². The minimum absolute atomic E-state index is 0.114. The van der Waals surface area contributed by atoms with Crippen molar-refractivity contribution in [3.05, 3.63) is 48.5 Å². The Morgan fingerprint density at radius 1 is 1.00 bits per heavy atom. The third-order valence-corrected chi connectivity index (χ3v) is 2.79. The molecule has 21 heavy (non-hydrogen) atoms. The lowest BCUT2D eigenvalue weighted by Crippen LogP contribution is -2.14. The van der Waals surface area contributed by atoms with Crippen molar-refractivity contribution in [2.75, 3.05) is 26.1 Å². The quantitative estimate of drug-likeness (QED) is 0.827. The van der Waals surface area contributed by atoms with Crippen LogP contribution in [0, 0.1) is 0 Å². The van der Waals surface area contributed by atoms with Crippen molar-refractivity contribution in [3.8, 4) is 17.2 Å². The van der Waals surface area contributed by atoms with Crippen molar-refractivity contribution < 1.29 is 19.0 Å². The number of methoxy groups -OCH3 is 2. The van der Waals surface area contributed by atoms with Gasteiger partial charge in [0.15, 0.2) is 0 Å². The summed E-state index contributed by atoms with van der Waals surface area (Å²) in [4.78, 5) is 11.1. The van der Waals surface area contributed by atoms with E-state index < -0.39 is 0 Å². The molecule has 0 aliphatic heterocycles. The van der Waals surface area contributed by atoms with Crippen LogP contribution in [0.5, 0.6) is 17.2 Å². The molecule has 0 atom stereocenters. The van der Waals surface area contributed by atoms with Crippen molar-refractivity contribution in [3.63, 3.8) is 0 Å². The molecular formula is C16H17NO4. The summed E-state index contributed by atoms with van der Waals surface area (Å²) in [5.41, 5.74) is 0.784. The van der Waals surface area contributed by atoms with Crippen LogP contribution < -0.4 is 14.8 Å². The second kappa shape index (κ2) is 7.19. The summed E-state index contributed by atoms with van der Waals surface area (Å²) in [5, 5.41) is 2.97. The molecule has 0 saturated carbocycles. The fourth-order valence-electron chi connectivity index (χ4n) is 1.70. The first-order valence-electron chi connectivity index (χ1n) is 6.44. The maximum Gasteiger partial charge on any atom is 0.325 e. The summed E-state index contributed by atoms with van der Waals surface area (Å²) in [6.45, 7) is 0.114. The molecule has 0 heterocycles. The number of hydrogen-bond acceptors (Lipinski definition) is 5. The molecule has 0 saturated heterocycles. The molecule has 2 aromatic carbocycles. The summed E-state index contributed by atoms with van der Waals surface area (Å²) in [6, 6.07) is 14.7. The van der Waals surface area contributed by atoms with E-state index in [2.05, 4.69) is 10.1 Å². The Labute approximate surface area is 123 Å². The van der Waals surface area contributed by atoms with Gasteiger partial charge in [-0.05, 0) is 36.4 Å². The fourth-order valence-corrected chi connectivity index (χ4v) is 1.70. The minimum atomic E-state index is -0.323. The van der Waals surface area contributed by atoms with Crippen LogP contribution in [0.3, 0.4) is 0 Å². The van der Waals surface area contributed by atoms with Crippen LogP contribution in [-0.2, 0) is 9.53 Å². The first kappa shape index (κ1) is 14.7. The summed E-state index contributed by atoms with van der Waals surface area (Å²) in [5.74, 6) is 1.84. The Balaban J connectivity index is 2.01. The van der Waals surface area contributed by atoms with Gasteiger partial charge in [-0.1, -0.05) is 6.07 Å². The third kappa shape index (κ3) is 4.42. The highest BCUT2D eigenvalue weighted by Crippen LogP contribution is 2.25. The Kier molecular flexibility index (Phi) is 5.04. The zero-order chi connectivity index (χ0) is 15.1. The van der Waals surface area contributed by atoms with E-state index in [1.807, 2.05) is 48.5 Å². The van der Waals surface area contributed by atoms with Gasteiger partial charge in [0.05, 0.1) is 14.2 Å². The van der Waals surface area contributed by atoms with Gasteiger partial charge in [0, 0.05) is 11.8 Å². The van der Waals surface area contributed by atoms with Gasteiger partial charge in [-0.3, -0.25) is 4.79 Å². The highest BCUT2D eigenvalue weighted by molar-refractivity contribution is 5.74. The van der Waals surface area contributed by atoms with Gasteiger partial charge in [-0.2, -0.15) is 0 Å². The highest BCUT2D eigenvalue weighted by Gasteiger charge is 2.02. The molecule has 0 amide bonds. The van der Waals surface area contributed by atoms with Gasteiger partial charge in [-0.15, -0.1) is 0 Å². The van der Waals surface area contributed by atoms with Crippen LogP contribution in [0.2, 0.25) is 0 Å². The van der Waals surface area contributed by atoms with Crippen LogP contribution >= 0.6 is 0 Å². The standard InChI is InChI=1S/C16H17NO4/c1-19-13-6-8-14(9-7-13)21-15-5-3-4-12(10-15)17-11-16(18)20-2/h3-10,17H,11H2,1-2H3. The van der Waals surface area contributed by atoms with Gasteiger partial charge < -0.3 is 19.5 Å². The molecule has 2 aromatic rings. The molecule has 0 aliphatic carbocycles. The number of rotatable bonds is 6. The van der Waals surface area contributed by atoms with Crippen LogP contribution in [0.25, 0.3) is 0 Å². The monoisotopic (exact) mass is 287 g/mol. The molecular weight excluding hydrogens is 270 g/mol. The van der Waals surface area contributed by atoms with Gasteiger partial charge in [0.2, 0.25) is 0 Å². The van der Waals surface area contributed by atoms with E-state index in [-0.39, 0.29) is 12.5 Å². The zero-order valence-electron chi connectivity index (χ0n) is 12.0. The molecule has 0 spiro atoms. The van der Waals surface area contributed by atoms with Gasteiger partial charge >= 0.3 is 5.97 Å². The predicted octanol–water partition coefficient (Wildman–Crippen LogP) is 3.07. The van der Waals surface area contributed by atoms with E-state index >= 15 is 0 Å². The van der Waals surface area contributed by atoms with Crippen molar-refractivity contribution >= 4 is 11.7 Å². The molecule has 5 nitrogen and oxygen atoms in total. The third-order valence-electron chi connectivity index (χ3n) is 2.79. The maximum absolute atomic E-state index is 11.1. The molecule has 2 rings (SSSR count). The molecule has 0 aromatic heterocycles. The summed E-state index contributed by atoms with van der Waals surface area (Å²) in [6.07, 6.45) is 0. The van der Waals surface area contributed by atoms with Crippen molar-refractivity contribution in [2.24, 2.45) is 0 Å². The first-order valence-corrected chi connectivity index (χ1v) is 6.44. The normalized spacial score (nSPS) is 9.81. The molecule has 0 radical (unpaired) electrons. The van der Waals surface area contributed by atoms with Crippen LogP contribution in [0.4, 0.5) is 5.69 Å². The number of benzene rings is 2. The van der Waals surface area contributed by atoms with E-state index in [9.17, 15) is 4.79 Å². The van der Waals surface area contributed by atoms with E-state index in [0.717, 1.165) is 11.4 Å². The Bertz CT molecular complexity index is 595. The Morgan fingerprint density at radius 3 is 2.38 bits per heavy atom. The van der Waals surface area contributed by atoms with Crippen LogP contribution in [-0.4, -0.2) is 26.7 Å². The number of carbonyl (C=O) groups excluding carboxylic acids is 1. The largest absolute Gasteiger partial charge is 0.497 e. The number of esters is 1. The van der Waals surface area contributed by atoms with Gasteiger partial charge in [0.1, 0.15) is 23.8 Å². The Morgan fingerprint density at radius 2 is 1.71 bits per heavy atom. The van der Waals surface area contributed by atoms with E-state index in [1.165, 1.54) is 7.11 Å². The number of nitrogens with one attached hydrogen (secondary N) is 1. The number of ether oxygens (including phenoxy) is 3. The summed E-state index contributed by atoms with van der Waals surface area (Å²) in [7, 11) is 2.97. The minimum Gasteiger partial charge on any atom is -0.497 e. The predicted molar refractivity (Wildman–Crippen MR) is 80.0 cm³/mol. The van der Waals surface area contributed by atoms with E-state index in [0.29, 0.717) is 11.5 Å². The SMILES string of the molecule is COC(=O)CNc1cccc(Oc2ccc(OC)cc2)c1. The molecule has 0 fully saturated rings. The molecule has 0 aliphatic rings. The van der Waals surface area contributed by atoms with Crippen molar-refractivity contribution in [2.45, 2.75) is 0 Å².